The van der Waals surface area contributed by atoms with Gasteiger partial charge in [0, 0.05) is 0 Å². The molecule has 0 saturated heterocycles. The molecule has 0 heterocycles. The summed E-state index contributed by atoms with van der Waals surface area (Å²) in [7, 11) is 0. The van der Waals surface area contributed by atoms with Gasteiger partial charge < -0.3 is 25.2 Å². The lowest BCUT2D eigenvalue weighted by Gasteiger charge is -2.28. The molecule has 0 aromatic rings. The highest BCUT2D eigenvalue weighted by molar-refractivity contribution is 5.60. The number of hydrogen-bond donors (Lipinski definition) is 4. The standard InChI is InChI=1S/C7H10O5/c1-2-7(12,5(10)3-8)6(11)4-9/h1,3,5-6,9-12H,4H2/t5-,6+,7-/m0/s1/i1D. The summed E-state index contributed by atoms with van der Waals surface area (Å²) in [5, 5.41) is 35.8. The summed E-state index contributed by atoms with van der Waals surface area (Å²) in [6.07, 6.45) is -2.31. The molecule has 0 aromatic carbocycles. The zero-order valence-electron chi connectivity index (χ0n) is 7.14. The Labute approximate surface area is 70.7 Å². The Kier molecular flexibility index (Phi) is 3.19. The second-order valence-electron chi connectivity index (χ2n) is 2.23. The van der Waals surface area contributed by atoms with Gasteiger partial charge in [0.15, 0.2) is 18.0 Å². The van der Waals surface area contributed by atoms with Crippen molar-refractivity contribution in [3.05, 3.63) is 0 Å². The van der Waals surface area contributed by atoms with E-state index in [0.29, 0.717) is 0 Å². The zero-order valence-corrected chi connectivity index (χ0v) is 6.14. The highest BCUT2D eigenvalue weighted by Gasteiger charge is 2.40. The van der Waals surface area contributed by atoms with Gasteiger partial charge in [-0.3, -0.25) is 0 Å². The van der Waals surface area contributed by atoms with Crippen molar-refractivity contribution in [2.75, 3.05) is 6.61 Å². The van der Waals surface area contributed by atoms with E-state index in [4.69, 9.17) is 16.7 Å². The molecule has 0 aliphatic carbocycles. The van der Waals surface area contributed by atoms with Crippen LogP contribution in [0.2, 0.25) is 0 Å². The largest absolute Gasteiger partial charge is 0.394 e. The third kappa shape index (κ3) is 1.81. The van der Waals surface area contributed by atoms with Crippen molar-refractivity contribution in [3.8, 4) is 12.3 Å². The number of aldehydes is 1. The van der Waals surface area contributed by atoms with Crippen LogP contribution in [0.15, 0.2) is 0 Å². The van der Waals surface area contributed by atoms with Crippen molar-refractivity contribution >= 4 is 6.29 Å². The molecule has 0 aliphatic heterocycles. The first-order valence-electron chi connectivity index (χ1n) is 3.61. The molecule has 0 rings (SSSR count). The number of aliphatic hydroxyl groups is 4. The Morgan fingerprint density at radius 1 is 1.75 bits per heavy atom. The predicted molar refractivity (Wildman–Crippen MR) is 38.9 cm³/mol. The Hall–Kier alpha value is -0.930. The fraction of sp³-hybridized carbons (Fsp3) is 0.571. The van der Waals surface area contributed by atoms with Gasteiger partial charge in [-0.25, -0.2) is 0 Å². The molecular formula is C7H10O5. The van der Waals surface area contributed by atoms with E-state index in [-0.39, 0.29) is 6.29 Å². The molecule has 0 spiro atoms. The number of terminal acetylenes is 1. The predicted octanol–water partition coefficient (Wildman–Crippen LogP) is -2.74. The number of rotatable bonds is 4. The molecule has 12 heavy (non-hydrogen) atoms. The van der Waals surface area contributed by atoms with Crippen LogP contribution in [0.1, 0.15) is 1.37 Å². The molecule has 0 aliphatic rings. The second kappa shape index (κ2) is 4.18. The van der Waals surface area contributed by atoms with Crippen molar-refractivity contribution in [1.82, 2.24) is 0 Å². The summed E-state index contributed by atoms with van der Waals surface area (Å²) < 4.78 is 6.45. The number of aliphatic hydroxyl groups excluding tert-OH is 3. The molecule has 0 aromatic heterocycles. The lowest BCUT2D eigenvalue weighted by molar-refractivity contribution is -0.142. The van der Waals surface area contributed by atoms with Crippen LogP contribution in [0.4, 0.5) is 0 Å². The van der Waals surface area contributed by atoms with Gasteiger partial charge in [0.2, 0.25) is 0 Å². The molecule has 3 atom stereocenters. The molecule has 4 N–H and O–H groups in total. The Balaban J connectivity index is 4.88. The summed E-state index contributed by atoms with van der Waals surface area (Å²) in [6, 6.07) is 0. The van der Waals surface area contributed by atoms with Gasteiger partial charge in [0.25, 0.3) is 0 Å². The Morgan fingerprint density at radius 3 is 2.67 bits per heavy atom. The van der Waals surface area contributed by atoms with E-state index in [1.165, 1.54) is 6.40 Å². The minimum Gasteiger partial charge on any atom is -0.394 e. The maximum absolute atomic E-state index is 10.1. The van der Waals surface area contributed by atoms with Crippen LogP contribution in [-0.2, 0) is 4.79 Å². The molecular weight excluding hydrogens is 164 g/mol. The van der Waals surface area contributed by atoms with Crippen LogP contribution in [0.3, 0.4) is 0 Å². The van der Waals surface area contributed by atoms with Gasteiger partial charge in [-0.05, 0) is 0 Å². The van der Waals surface area contributed by atoms with Gasteiger partial charge in [-0.2, -0.15) is 0 Å². The fourth-order valence-corrected chi connectivity index (χ4v) is 0.597. The first-order chi connectivity index (χ1) is 6.02. The molecule has 0 fully saturated rings. The summed E-state index contributed by atoms with van der Waals surface area (Å²) >= 11 is 0. The quantitative estimate of drug-likeness (QED) is 0.274. The van der Waals surface area contributed by atoms with Crippen LogP contribution in [0.25, 0.3) is 0 Å². The lowest BCUT2D eigenvalue weighted by Crippen LogP contribution is -2.53. The maximum Gasteiger partial charge on any atom is 0.186 e. The summed E-state index contributed by atoms with van der Waals surface area (Å²) in [6.45, 7) is -0.879. The molecule has 0 radical (unpaired) electrons. The van der Waals surface area contributed by atoms with Crippen molar-refractivity contribution < 1.29 is 26.6 Å². The first-order valence-corrected chi connectivity index (χ1v) is 3.11. The molecule has 0 saturated carbocycles. The molecule has 68 valence electrons. The van der Waals surface area contributed by atoms with Crippen molar-refractivity contribution in [2.24, 2.45) is 0 Å². The van der Waals surface area contributed by atoms with E-state index in [1.54, 1.807) is 5.92 Å². The van der Waals surface area contributed by atoms with E-state index in [9.17, 15) is 9.90 Å². The van der Waals surface area contributed by atoms with Crippen LogP contribution in [-0.4, -0.2) is 51.1 Å². The minimum absolute atomic E-state index is 0.0385. The Morgan fingerprint density at radius 2 is 2.33 bits per heavy atom. The average molecular weight is 175 g/mol. The maximum atomic E-state index is 10.1. The van der Waals surface area contributed by atoms with E-state index >= 15 is 0 Å². The van der Waals surface area contributed by atoms with Crippen LogP contribution < -0.4 is 0 Å². The second-order valence-corrected chi connectivity index (χ2v) is 2.23. The number of carbonyl (C=O) groups is 1. The normalized spacial score (nSPS) is 20.8. The van der Waals surface area contributed by atoms with Crippen molar-refractivity contribution in [3.63, 3.8) is 0 Å². The summed E-state index contributed by atoms with van der Waals surface area (Å²) in [5.41, 5.74) is -2.49. The van der Waals surface area contributed by atoms with Gasteiger partial charge in [-0.15, -0.1) is 6.40 Å². The van der Waals surface area contributed by atoms with Crippen LogP contribution in [0.5, 0.6) is 0 Å². The van der Waals surface area contributed by atoms with E-state index in [0.717, 1.165) is 0 Å². The first kappa shape index (κ1) is 9.16. The molecule has 0 unspecified atom stereocenters. The smallest absolute Gasteiger partial charge is 0.186 e. The van der Waals surface area contributed by atoms with Gasteiger partial charge in [-0.1, -0.05) is 5.92 Å². The monoisotopic (exact) mass is 175 g/mol. The number of hydrogen-bond acceptors (Lipinski definition) is 5. The van der Waals surface area contributed by atoms with Crippen molar-refractivity contribution in [2.45, 2.75) is 17.8 Å². The lowest BCUT2D eigenvalue weighted by atomic mass is 9.92. The third-order valence-electron chi connectivity index (χ3n) is 1.46. The highest BCUT2D eigenvalue weighted by Crippen LogP contribution is 2.13. The third-order valence-corrected chi connectivity index (χ3v) is 1.46. The highest BCUT2D eigenvalue weighted by atomic mass is 16.4. The van der Waals surface area contributed by atoms with E-state index in [2.05, 4.69) is 0 Å². The molecule has 0 amide bonds. The van der Waals surface area contributed by atoms with Gasteiger partial charge in [0.1, 0.15) is 7.47 Å². The molecule has 5 heteroatoms. The van der Waals surface area contributed by atoms with E-state index in [1.807, 2.05) is 0 Å². The molecule has 5 nitrogen and oxygen atoms in total. The van der Waals surface area contributed by atoms with E-state index < -0.39 is 24.4 Å². The van der Waals surface area contributed by atoms with Crippen LogP contribution >= 0.6 is 0 Å². The fourth-order valence-electron chi connectivity index (χ4n) is 0.597. The summed E-state index contributed by atoms with van der Waals surface area (Å²) in [4.78, 5) is 10.1. The van der Waals surface area contributed by atoms with Crippen molar-refractivity contribution in [1.29, 1.82) is 0 Å². The SMILES string of the molecule is [2H]C#C[C@@](O)([C@H](O)CO)[C@@H](O)C=O. The summed E-state index contributed by atoms with van der Waals surface area (Å²) in [5.74, 6) is 1.74. The Bertz CT molecular complexity index is 233. The van der Waals surface area contributed by atoms with Gasteiger partial charge >= 0.3 is 0 Å². The average Bonchev–Trinajstić information content (AvgIpc) is 2.15. The number of carbonyl (C=O) groups excluding carboxylic acids is 1. The molecule has 0 bridgehead atoms. The van der Waals surface area contributed by atoms with Gasteiger partial charge in [0.05, 0.1) is 6.61 Å². The zero-order chi connectivity index (χ0) is 10.5. The minimum atomic E-state index is -2.49. The topological polar surface area (TPSA) is 98.0 Å². The van der Waals surface area contributed by atoms with Crippen LogP contribution in [0, 0.1) is 12.3 Å².